The third kappa shape index (κ3) is 5.57. The van der Waals surface area contributed by atoms with Crippen molar-refractivity contribution in [3.63, 3.8) is 0 Å². The van der Waals surface area contributed by atoms with Crippen molar-refractivity contribution in [2.45, 2.75) is 38.7 Å². The van der Waals surface area contributed by atoms with Crippen molar-refractivity contribution in [2.24, 2.45) is 7.05 Å². The maximum atomic E-state index is 13.5. The van der Waals surface area contributed by atoms with Crippen molar-refractivity contribution in [3.05, 3.63) is 91.3 Å². The molecule has 0 radical (unpaired) electrons. The molecule has 0 amide bonds. The van der Waals surface area contributed by atoms with Crippen LogP contribution in [0.4, 0.5) is 13.2 Å². The average Bonchev–Trinajstić information content (AvgIpc) is 3.22. The van der Waals surface area contributed by atoms with Crippen LogP contribution >= 0.6 is 11.6 Å². The van der Waals surface area contributed by atoms with Crippen LogP contribution in [0.1, 0.15) is 36.2 Å². The lowest BCUT2D eigenvalue weighted by Gasteiger charge is -2.16. The highest BCUT2D eigenvalue weighted by atomic mass is 35.5. The molecule has 0 aliphatic heterocycles. The zero-order valence-corrected chi connectivity index (χ0v) is 20.8. The van der Waals surface area contributed by atoms with Crippen LogP contribution in [0.3, 0.4) is 0 Å². The van der Waals surface area contributed by atoms with Crippen LogP contribution in [-0.2, 0) is 20.1 Å². The van der Waals surface area contributed by atoms with Crippen molar-refractivity contribution in [3.8, 4) is 5.75 Å². The summed E-state index contributed by atoms with van der Waals surface area (Å²) in [5, 5.41) is 9.77. The molecule has 0 saturated carbocycles. The van der Waals surface area contributed by atoms with Crippen molar-refractivity contribution in [2.75, 3.05) is 6.61 Å². The largest absolute Gasteiger partial charge is 0.573 e. The summed E-state index contributed by atoms with van der Waals surface area (Å²) in [5.74, 6) is -0.367. The second-order valence-corrected chi connectivity index (χ2v) is 9.01. The molecule has 37 heavy (non-hydrogen) atoms. The van der Waals surface area contributed by atoms with E-state index in [0.29, 0.717) is 16.4 Å². The normalized spacial score (nSPS) is 12.7. The predicted molar refractivity (Wildman–Crippen MR) is 132 cm³/mol. The summed E-state index contributed by atoms with van der Waals surface area (Å²) in [7, 11) is 1.51. The highest BCUT2D eigenvalue weighted by Gasteiger charge is 2.31. The zero-order chi connectivity index (χ0) is 26.9. The number of alkyl halides is 3. The number of ether oxygens (including phenoxy) is 1. The molecule has 1 unspecified atom stereocenters. The molecular formula is C25H24ClF3N4O4. The fourth-order valence-corrected chi connectivity index (χ4v) is 4.31. The Kier molecular flexibility index (Phi) is 7.47. The predicted octanol–water partition coefficient (Wildman–Crippen LogP) is 4.03. The number of aliphatic hydroxyl groups is 1. The van der Waals surface area contributed by atoms with Gasteiger partial charge in [0, 0.05) is 37.7 Å². The van der Waals surface area contributed by atoms with Crippen LogP contribution in [0.15, 0.2) is 58.1 Å². The summed E-state index contributed by atoms with van der Waals surface area (Å²) in [6.07, 6.45) is -4.58. The number of halogens is 4. The number of aryl methyl sites for hydroxylation is 1. The minimum atomic E-state index is -4.81. The molecule has 1 atom stereocenters. The molecule has 4 aromatic rings. The van der Waals surface area contributed by atoms with Crippen molar-refractivity contribution in [1.82, 2.24) is 18.7 Å². The Morgan fingerprint density at radius 1 is 1.05 bits per heavy atom. The summed E-state index contributed by atoms with van der Waals surface area (Å²) in [5.41, 5.74) is 0.737. The number of imidazole rings is 1. The molecule has 12 heteroatoms. The van der Waals surface area contributed by atoms with Gasteiger partial charge in [-0.1, -0.05) is 42.8 Å². The molecule has 0 spiro atoms. The van der Waals surface area contributed by atoms with Crippen LogP contribution in [-0.4, -0.2) is 36.8 Å². The molecule has 0 saturated heterocycles. The van der Waals surface area contributed by atoms with Crippen LogP contribution in [0.2, 0.25) is 5.02 Å². The van der Waals surface area contributed by atoms with E-state index in [9.17, 15) is 27.9 Å². The number of fused-ring (bicyclic) bond motifs is 1. The molecule has 2 aromatic heterocycles. The highest BCUT2D eigenvalue weighted by Crippen LogP contribution is 2.30. The Hall–Kier alpha value is -3.57. The molecule has 196 valence electrons. The van der Waals surface area contributed by atoms with Crippen LogP contribution < -0.4 is 16.0 Å². The van der Waals surface area contributed by atoms with E-state index in [0.717, 1.165) is 10.1 Å². The van der Waals surface area contributed by atoms with E-state index in [1.807, 2.05) is 6.92 Å². The number of aliphatic hydroxyl groups excluding tert-OH is 1. The van der Waals surface area contributed by atoms with E-state index in [-0.39, 0.29) is 43.0 Å². The Bertz CT molecular complexity index is 1520. The highest BCUT2D eigenvalue weighted by molar-refractivity contribution is 6.30. The lowest BCUT2D eigenvalue weighted by atomic mass is 10.00. The van der Waals surface area contributed by atoms with E-state index in [2.05, 4.69) is 9.72 Å². The van der Waals surface area contributed by atoms with Gasteiger partial charge in [0.25, 0.3) is 5.56 Å². The van der Waals surface area contributed by atoms with Crippen LogP contribution in [0.5, 0.6) is 5.75 Å². The van der Waals surface area contributed by atoms with Crippen molar-refractivity contribution >= 4 is 22.8 Å². The molecule has 0 aliphatic carbocycles. The molecule has 8 nitrogen and oxygen atoms in total. The maximum absolute atomic E-state index is 13.5. The van der Waals surface area contributed by atoms with Gasteiger partial charge in [0.15, 0.2) is 11.2 Å². The van der Waals surface area contributed by atoms with Gasteiger partial charge in [-0.15, -0.1) is 13.2 Å². The maximum Gasteiger partial charge on any atom is 0.573 e. The zero-order valence-electron chi connectivity index (χ0n) is 20.0. The topological polar surface area (TPSA) is 91.3 Å². The van der Waals surface area contributed by atoms with Gasteiger partial charge in [0.1, 0.15) is 11.6 Å². The van der Waals surface area contributed by atoms with Crippen molar-refractivity contribution < 1.29 is 23.0 Å². The monoisotopic (exact) mass is 536 g/mol. The Morgan fingerprint density at radius 3 is 2.30 bits per heavy atom. The molecule has 0 fully saturated rings. The Balaban J connectivity index is 1.88. The lowest BCUT2D eigenvalue weighted by Crippen LogP contribution is -2.40. The molecule has 2 heterocycles. The molecular weight excluding hydrogens is 513 g/mol. The average molecular weight is 537 g/mol. The molecule has 0 bridgehead atoms. The number of rotatable bonds is 8. The number of nitrogens with zero attached hydrogens (tertiary/aromatic N) is 4. The number of aromatic nitrogens is 4. The second-order valence-electron chi connectivity index (χ2n) is 8.57. The van der Waals surface area contributed by atoms with E-state index in [1.54, 1.807) is 28.8 Å². The first-order chi connectivity index (χ1) is 17.5. The van der Waals surface area contributed by atoms with Crippen LogP contribution in [0.25, 0.3) is 11.2 Å². The fraction of sp³-hybridized carbons (Fsp3) is 0.320. The van der Waals surface area contributed by atoms with Gasteiger partial charge >= 0.3 is 12.1 Å². The smallest absolute Gasteiger partial charge is 0.406 e. The summed E-state index contributed by atoms with van der Waals surface area (Å²) < 4.78 is 45.7. The lowest BCUT2D eigenvalue weighted by molar-refractivity contribution is -0.274. The van der Waals surface area contributed by atoms with Crippen LogP contribution in [0, 0.1) is 0 Å². The van der Waals surface area contributed by atoms with Gasteiger partial charge < -0.3 is 14.4 Å². The van der Waals surface area contributed by atoms with Gasteiger partial charge in [-0.25, -0.2) is 9.78 Å². The number of hydrogen-bond donors (Lipinski definition) is 1. The standard InChI is InChI=1S/C25H24ClF3N4O4/c1-15(17-6-10-19(11-7-17)37-25(27,28)29)21-30-22-20(33(21)14-16-4-8-18(26)9-5-16)23(35)32(12-3-13-34)24(36)31(22)2/h4-11,15,34H,3,12-14H2,1-2H3. The molecule has 2 aromatic carbocycles. The Morgan fingerprint density at radius 2 is 1.70 bits per heavy atom. The van der Waals surface area contributed by atoms with E-state index >= 15 is 0 Å². The first-order valence-electron chi connectivity index (χ1n) is 11.4. The quantitative estimate of drug-likeness (QED) is 0.367. The molecule has 0 aliphatic rings. The summed E-state index contributed by atoms with van der Waals surface area (Å²) in [4.78, 5) is 31.0. The SMILES string of the molecule is CC(c1ccc(OC(F)(F)F)cc1)c1nc2c(c(=O)n(CCCO)c(=O)n2C)n1Cc1ccc(Cl)cc1. The van der Waals surface area contributed by atoms with E-state index < -0.39 is 23.5 Å². The van der Waals surface area contributed by atoms with E-state index in [4.69, 9.17) is 11.6 Å². The van der Waals surface area contributed by atoms with Gasteiger partial charge in [0.2, 0.25) is 0 Å². The number of benzene rings is 2. The summed E-state index contributed by atoms with van der Waals surface area (Å²) >= 11 is 6.02. The first kappa shape index (κ1) is 26.5. The minimum Gasteiger partial charge on any atom is -0.406 e. The summed E-state index contributed by atoms with van der Waals surface area (Å²) in [6, 6.07) is 12.5. The van der Waals surface area contributed by atoms with Gasteiger partial charge in [0.05, 0.1) is 0 Å². The second kappa shape index (κ2) is 10.4. The molecule has 1 N–H and O–H groups in total. The third-order valence-corrected chi connectivity index (χ3v) is 6.31. The molecule has 4 rings (SSSR count). The van der Waals surface area contributed by atoms with E-state index in [1.165, 1.54) is 35.9 Å². The van der Waals surface area contributed by atoms with Gasteiger partial charge in [-0.05, 0) is 41.8 Å². The van der Waals surface area contributed by atoms with Crippen molar-refractivity contribution in [1.29, 1.82) is 0 Å². The van der Waals surface area contributed by atoms with Gasteiger partial charge in [-0.2, -0.15) is 0 Å². The minimum absolute atomic E-state index is 0.0373. The third-order valence-electron chi connectivity index (χ3n) is 6.06. The fourth-order valence-electron chi connectivity index (χ4n) is 4.18. The summed E-state index contributed by atoms with van der Waals surface area (Å²) in [6.45, 7) is 1.89. The number of hydrogen-bond acceptors (Lipinski definition) is 5. The van der Waals surface area contributed by atoms with Gasteiger partial charge in [-0.3, -0.25) is 13.9 Å². The Labute approximate surface area is 214 Å². The first-order valence-corrected chi connectivity index (χ1v) is 11.8.